The van der Waals surface area contributed by atoms with Crippen LogP contribution in [-0.4, -0.2) is 27.7 Å². The van der Waals surface area contributed by atoms with E-state index in [4.69, 9.17) is 9.84 Å². The molecule has 0 fully saturated rings. The van der Waals surface area contributed by atoms with Gasteiger partial charge in [0.25, 0.3) is 0 Å². The molecular formula is C13H12N2O3. The maximum atomic E-state index is 10.6. The van der Waals surface area contributed by atoms with Crippen molar-refractivity contribution in [2.24, 2.45) is 0 Å². The van der Waals surface area contributed by atoms with E-state index in [-0.39, 0.29) is 5.69 Å². The van der Waals surface area contributed by atoms with Crippen molar-refractivity contribution in [1.82, 2.24) is 9.97 Å². The molecule has 0 aliphatic heterocycles. The second-order valence-corrected chi connectivity index (χ2v) is 3.64. The van der Waals surface area contributed by atoms with Crippen LogP contribution < -0.4 is 4.74 Å². The molecule has 92 valence electrons. The van der Waals surface area contributed by atoms with Crippen molar-refractivity contribution in [2.75, 3.05) is 6.61 Å². The predicted octanol–water partition coefficient (Wildman–Crippen LogP) is 1.80. The fourth-order valence-corrected chi connectivity index (χ4v) is 1.42. The largest absolute Gasteiger partial charge is 0.492 e. The molecule has 0 aliphatic rings. The first-order valence-electron chi connectivity index (χ1n) is 5.47. The number of carboxylic acid groups (broad SMARTS) is 1. The summed E-state index contributed by atoms with van der Waals surface area (Å²) in [6.45, 7) is 0.500. The number of nitrogens with zero attached hydrogens (tertiary/aromatic N) is 2. The van der Waals surface area contributed by atoms with Crippen molar-refractivity contribution in [2.45, 2.75) is 6.42 Å². The van der Waals surface area contributed by atoms with E-state index >= 15 is 0 Å². The van der Waals surface area contributed by atoms with Crippen molar-refractivity contribution in [3.8, 4) is 5.75 Å². The van der Waals surface area contributed by atoms with Crippen LogP contribution in [-0.2, 0) is 6.42 Å². The Labute approximate surface area is 104 Å². The maximum Gasteiger partial charge on any atom is 0.354 e. The number of carbonyl (C=O) groups is 1. The molecule has 5 nitrogen and oxygen atoms in total. The van der Waals surface area contributed by atoms with Gasteiger partial charge in [0, 0.05) is 18.8 Å². The molecule has 0 aromatic carbocycles. The molecule has 1 N–H and O–H groups in total. The molecule has 0 unspecified atom stereocenters. The van der Waals surface area contributed by atoms with Crippen molar-refractivity contribution >= 4 is 5.97 Å². The monoisotopic (exact) mass is 244 g/mol. The molecular weight excluding hydrogens is 232 g/mol. The van der Waals surface area contributed by atoms with Crippen molar-refractivity contribution in [1.29, 1.82) is 0 Å². The lowest BCUT2D eigenvalue weighted by Crippen LogP contribution is -2.03. The first-order chi connectivity index (χ1) is 8.75. The number of rotatable bonds is 5. The summed E-state index contributed by atoms with van der Waals surface area (Å²) in [6, 6.07) is 6.86. The fraction of sp³-hybridized carbons (Fsp3) is 0.154. The van der Waals surface area contributed by atoms with Gasteiger partial charge in [-0.25, -0.2) is 9.78 Å². The molecule has 5 heteroatoms. The van der Waals surface area contributed by atoms with E-state index in [0.717, 1.165) is 12.0 Å². The van der Waals surface area contributed by atoms with Crippen LogP contribution in [0.3, 0.4) is 0 Å². The van der Waals surface area contributed by atoms with Crippen LogP contribution in [0, 0.1) is 0 Å². The fourth-order valence-electron chi connectivity index (χ4n) is 1.42. The lowest BCUT2D eigenvalue weighted by atomic mass is 10.2. The van der Waals surface area contributed by atoms with Crippen LogP contribution in [0.25, 0.3) is 0 Å². The molecule has 2 aromatic rings. The molecule has 0 radical (unpaired) electrons. The average molecular weight is 244 g/mol. The minimum atomic E-state index is -1.04. The minimum Gasteiger partial charge on any atom is -0.492 e. The van der Waals surface area contributed by atoms with E-state index in [2.05, 4.69) is 9.97 Å². The standard InChI is InChI=1S/C13H12N2O3/c16-13(17)12-4-3-11(9-15-12)18-7-5-10-2-1-6-14-8-10/h1-4,6,8-9H,5,7H2,(H,16,17). The number of hydrogen-bond donors (Lipinski definition) is 1. The molecule has 0 aliphatic carbocycles. The summed E-state index contributed by atoms with van der Waals surface area (Å²) in [4.78, 5) is 18.4. The van der Waals surface area contributed by atoms with Gasteiger partial charge in [0.1, 0.15) is 11.4 Å². The Morgan fingerprint density at radius 3 is 2.78 bits per heavy atom. The predicted molar refractivity (Wildman–Crippen MR) is 64.6 cm³/mol. The van der Waals surface area contributed by atoms with Gasteiger partial charge in [-0.05, 0) is 23.8 Å². The van der Waals surface area contributed by atoms with Crippen LogP contribution in [0.1, 0.15) is 16.1 Å². The topological polar surface area (TPSA) is 72.3 Å². The Morgan fingerprint density at radius 2 is 2.17 bits per heavy atom. The summed E-state index contributed by atoms with van der Waals surface area (Å²) in [5.41, 5.74) is 1.10. The van der Waals surface area contributed by atoms with Gasteiger partial charge in [0.15, 0.2) is 0 Å². The van der Waals surface area contributed by atoms with Crippen LogP contribution in [0.2, 0.25) is 0 Å². The Bertz CT molecular complexity index is 512. The average Bonchev–Trinajstić information content (AvgIpc) is 2.40. The van der Waals surface area contributed by atoms with Crippen LogP contribution in [0.15, 0.2) is 42.9 Å². The normalized spacial score (nSPS) is 10.0. The SMILES string of the molecule is O=C(O)c1ccc(OCCc2cccnc2)cn1. The molecule has 2 rings (SSSR count). The minimum absolute atomic E-state index is 0.00890. The maximum absolute atomic E-state index is 10.6. The first kappa shape index (κ1) is 12.0. The molecule has 0 bridgehead atoms. The van der Waals surface area contributed by atoms with E-state index in [1.54, 1.807) is 18.5 Å². The highest BCUT2D eigenvalue weighted by Crippen LogP contribution is 2.09. The summed E-state index contributed by atoms with van der Waals surface area (Å²) in [5.74, 6) is -0.485. The molecule has 2 heterocycles. The summed E-state index contributed by atoms with van der Waals surface area (Å²) >= 11 is 0. The van der Waals surface area contributed by atoms with E-state index < -0.39 is 5.97 Å². The zero-order chi connectivity index (χ0) is 12.8. The summed E-state index contributed by atoms with van der Waals surface area (Å²) in [7, 11) is 0. The van der Waals surface area contributed by atoms with Gasteiger partial charge in [-0.1, -0.05) is 6.07 Å². The van der Waals surface area contributed by atoms with Gasteiger partial charge in [-0.3, -0.25) is 4.98 Å². The summed E-state index contributed by atoms with van der Waals surface area (Å²) in [6.07, 6.45) is 5.66. The third-order valence-corrected chi connectivity index (χ3v) is 2.34. The molecule has 0 saturated heterocycles. The number of pyridine rings is 2. The van der Waals surface area contributed by atoms with Crippen LogP contribution >= 0.6 is 0 Å². The summed E-state index contributed by atoms with van der Waals surface area (Å²) < 4.78 is 5.46. The third kappa shape index (κ3) is 3.28. The lowest BCUT2D eigenvalue weighted by molar-refractivity contribution is 0.0690. The van der Waals surface area contributed by atoms with Crippen molar-refractivity contribution in [3.05, 3.63) is 54.1 Å². The zero-order valence-corrected chi connectivity index (χ0v) is 9.61. The number of hydrogen-bond acceptors (Lipinski definition) is 4. The summed E-state index contributed by atoms with van der Waals surface area (Å²) in [5, 5.41) is 8.69. The molecule has 2 aromatic heterocycles. The van der Waals surface area contributed by atoms with E-state index in [1.807, 2.05) is 12.1 Å². The van der Waals surface area contributed by atoms with Crippen LogP contribution in [0.5, 0.6) is 5.75 Å². The second-order valence-electron chi connectivity index (χ2n) is 3.64. The van der Waals surface area contributed by atoms with Gasteiger partial charge in [-0.15, -0.1) is 0 Å². The van der Waals surface area contributed by atoms with E-state index in [1.165, 1.54) is 12.3 Å². The zero-order valence-electron chi connectivity index (χ0n) is 9.61. The number of carboxylic acids is 1. The van der Waals surface area contributed by atoms with Crippen molar-refractivity contribution < 1.29 is 14.6 Å². The Morgan fingerprint density at radius 1 is 1.28 bits per heavy atom. The van der Waals surface area contributed by atoms with Gasteiger partial charge in [0.05, 0.1) is 12.8 Å². The Kier molecular flexibility index (Phi) is 3.86. The van der Waals surface area contributed by atoms with Crippen LogP contribution in [0.4, 0.5) is 0 Å². The Hall–Kier alpha value is -2.43. The molecule has 0 saturated carbocycles. The second kappa shape index (κ2) is 5.77. The van der Waals surface area contributed by atoms with Crippen molar-refractivity contribution in [3.63, 3.8) is 0 Å². The van der Waals surface area contributed by atoms with E-state index in [9.17, 15) is 4.79 Å². The van der Waals surface area contributed by atoms with Gasteiger partial charge in [-0.2, -0.15) is 0 Å². The quantitative estimate of drug-likeness (QED) is 0.868. The molecule has 18 heavy (non-hydrogen) atoms. The molecule has 0 amide bonds. The Balaban J connectivity index is 1.85. The van der Waals surface area contributed by atoms with Gasteiger partial charge in [0.2, 0.25) is 0 Å². The molecule has 0 spiro atoms. The lowest BCUT2D eigenvalue weighted by Gasteiger charge is -2.05. The number of ether oxygens (including phenoxy) is 1. The smallest absolute Gasteiger partial charge is 0.354 e. The van der Waals surface area contributed by atoms with Gasteiger partial charge < -0.3 is 9.84 Å². The van der Waals surface area contributed by atoms with Gasteiger partial charge >= 0.3 is 5.97 Å². The first-order valence-corrected chi connectivity index (χ1v) is 5.47. The molecule has 0 atom stereocenters. The highest BCUT2D eigenvalue weighted by atomic mass is 16.5. The van der Waals surface area contributed by atoms with E-state index in [0.29, 0.717) is 12.4 Å². The highest BCUT2D eigenvalue weighted by Gasteiger charge is 2.03. The number of aromatic carboxylic acids is 1. The highest BCUT2D eigenvalue weighted by molar-refractivity contribution is 5.85. The third-order valence-electron chi connectivity index (χ3n) is 2.34. The number of aromatic nitrogens is 2.